The number of halogens is 1. The van der Waals surface area contributed by atoms with Gasteiger partial charge in [0.05, 0.1) is 13.2 Å². The number of aliphatic imine (C=N–C) groups is 1. The number of rotatable bonds is 8. The molecule has 0 fully saturated rings. The number of ether oxygens (including phenoxy) is 1. The van der Waals surface area contributed by atoms with E-state index in [1.54, 1.807) is 7.11 Å². The lowest BCUT2D eigenvalue weighted by atomic mass is 10.4. The topological polar surface area (TPSA) is 48.9 Å². The van der Waals surface area contributed by atoms with Gasteiger partial charge in [-0.25, -0.2) is 0 Å². The molecule has 0 radical (unpaired) electrons. The lowest BCUT2D eigenvalue weighted by molar-refractivity contribution is 0.163. The maximum absolute atomic E-state index is 5.03. The van der Waals surface area contributed by atoms with Crippen molar-refractivity contribution in [1.82, 2.24) is 15.5 Å². The van der Waals surface area contributed by atoms with Gasteiger partial charge in [0.15, 0.2) is 5.96 Å². The number of nitrogens with zero attached hydrogens (tertiary/aromatic N) is 2. The Morgan fingerprint density at radius 3 is 2.50 bits per heavy atom. The van der Waals surface area contributed by atoms with Gasteiger partial charge in [-0.05, 0) is 27.8 Å². The molecule has 0 aromatic carbocycles. The molecule has 0 spiro atoms. The first-order valence-electron chi connectivity index (χ1n) is 6.32. The highest BCUT2D eigenvalue weighted by molar-refractivity contribution is 14.0. The molecule has 0 heterocycles. The Morgan fingerprint density at radius 1 is 1.33 bits per heavy atom. The van der Waals surface area contributed by atoms with Crippen LogP contribution in [0, 0.1) is 0 Å². The fraction of sp³-hybridized carbons (Fsp3) is 0.917. The highest BCUT2D eigenvalue weighted by Gasteiger charge is 2.00. The molecule has 0 rings (SSSR count). The smallest absolute Gasteiger partial charge is 0.191 e. The van der Waals surface area contributed by atoms with Crippen LogP contribution in [0.5, 0.6) is 0 Å². The first-order chi connectivity index (χ1) is 8.10. The molecule has 0 bridgehead atoms. The van der Waals surface area contributed by atoms with Crippen LogP contribution in [0.4, 0.5) is 0 Å². The van der Waals surface area contributed by atoms with E-state index < -0.39 is 0 Å². The molecule has 2 N–H and O–H groups in total. The monoisotopic (exact) mass is 372 g/mol. The highest BCUT2D eigenvalue weighted by atomic mass is 127. The van der Waals surface area contributed by atoms with Gasteiger partial charge >= 0.3 is 0 Å². The molecule has 0 aromatic heterocycles. The van der Waals surface area contributed by atoms with Crippen molar-refractivity contribution in [2.45, 2.75) is 26.8 Å². The van der Waals surface area contributed by atoms with Crippen molar-refractivity contribution >= 4 is 29.9 Å². The Labute approximate surface area is 129 Å². The third-order valence-electron chi connectivity index (χ3n) is 2.20. The molecule has 0 amide bonds. The molecule has 0 aromatic rings. The lowest BCUT2D eigenvalue weighted by Gasteiger charge is -2.16. The van der Waals surface area contributed by atoms with Gasteiger partial charge in [0.1, 0.15) is 0 Å². The summed E-state index contributed by atoms with van der Waals surface area (Å²) in [7, 11) is 3.80. The van der Waals surface area contributed by atoms with Gasteiger partial charge in [0.25, 0.3) is 0 Å². The van der Waals surface area contributed by atoms with E-state index in [0.717, 1.165) is 38.7 Å². The van der Waals surface area contributed by atoms with Gasteiger partial charge in [-0.2, -0.15) is 0 Å². The normalized spacial score (nSPS) is 11.6. The van der Waals surface area contributed by atoms with E-state index in [0.29, 0.717) is 6.04 Å². The largest absolute Gasteiger partial charge is 0.383 e. The zero-order chi connectivity index (χ0) is 13.1. The van der Waals surface area contributed by atoms with Gasteiger partial charge in [-0.3, -0.25) is 4.99 Å². The summed E-state index contributed by atoms with van der Waals surface area (Å²) in [4.78, 5) is 6.73. The standard InChI is InChI=1S/C12H28N4O.HI/c1-6-13-12(15-11(2)3)14-7-8-16(4)9-10-17-5;/h11H,6-10H2,1-5H3,(H2,13,14,15);1H. The number of guanidine groups is 1. The van der Waals surface area contributed by atoms with Crippen molar-refractivity contribution in [2.75, 3.05) is 46.9 Å². The van der Waals surface area contributed by atoms with Gasteiger partial charge in [0, 0.05) is 32.8 Å². The molecule has 0 aliphatic heterocycles. The second-order valence-electron chi connectivity index (χ2n) is 4.36. The quantitative estimate of drug-likeness (QED) is 0.381. The number of likely N-dealkylation sites (N-methyl/N-ethyl adjacent to an activating group) is 1. The summed E-state index contributed by atoms with van der Waals surface area (Å²) in [6.07, 6.45) is 0. The Hall–Kier alpha value is -0.0800. The molecule has 0 saturated heterocycles. The minimum absolute atomic E-state index is 0. The van der Waals surface area contributed by atoms with Gasteiger partial charge < -0.3 is 20.3 Å². The molecule has 6 heteroatoms. The summed E-state index contributed by atoms with van der Waals surface area (Å²) in [5.74, 6) is 0.891. The average Bonchev–Trinajstić information content (AvgIpc) is 2.25. The van der Waals surface area contributed by atoms with Crippen molar-refractivity contribution in [3.05, 3.63) is 0 Å². The molecule has 18 heavy (non-hydrogen) atoms. The number of nitrogens with one attached hydrogen (secondary N) is 2. The van der Waals surface area contributed by atoms with E-state index in [2.05, 4.69) is 48.3 Å². The van der Waals surface area contributed by atoms with E-state index in [9.17, 15) is 0 Å². The third-order valence-corrected chi connectivity index (χ3v) is 2.20. The van der Waals surface area contributed by atoms with Crippen molar-refractivity contribution in [3.63, 3.8) is 0 Å². The van der Waals surface area contributed by atoms with E-state index in [-0.39, 0.29) is 24.0 Å². The predicted octanol–water partition coefficient (Wildman–Crippen LogP) is 1.15. The third kappa shape index (κ3) is 12.4. The van der Waals surface area contributed by atoms with Crippen LogP contribution >= 0.6 is 24.0 Å². The van der Waals surface area contributed by atoms with Crippen LogP contribution in [0.1, 0.15) is 20.8 Å². The van der Waals surface area contributed by atoms with Crippen molar-refractivity contribution in [3.8, 4) is 0 Å². The Bertz CT molecular complexity index is 212. The summed E-state index contributed by atoms with van der Waals surface area (Å²) >= 11 is 0. The van der Waals surface area contributed by atoms with Crippen LogP contribution in [-0.2, 0) is 4.74 Å². The molecule has 0 saturated carbocycles. The highest BCUT2D eigenvalue weighted by Crippen LogP contribution is 1.85. The predicted molar refractivity (Wildman–Crippen MR) is 89.0 cm³/mol. The fourth-order valence-corrected chi connectivity index (χ4v) is 1.28. The van der Waals surface area contributed by atoms with Gasteiger partial charge in [0.2, 0.25) is 0 Å². The van der Waals surface area contributed by atoms with Crippen LogP contribution in [0.3, 0.4) is 0 Å². The van der Waals surface area contributed by atoms with Crippen molar-refractivity contribution < 1.29 is 4.74 Å². The number of hydrogen-bond donors (Lipinski definition) is 2. The van der Waals surface area contributed by atoms with Crippen LogP contribution < -0.4 is 10.6 Å². The zero-order valence-corrected chi connectivity index (χ0v) is 14.7. The minimum atomic E-state index is 0. The van der Waals surface area contributed by atoms with E-state index in [4.69, 9.17) is 4.74 Å². The van der Waals surface area contributed by atoms with Crippen molar-refractivity contribution in [2.24, 2.45) is 4.99 Å². The minimum Gasteiger partial charge on any atom is -0.383 e. The maximum Gasteiger partial charge on any atom is 0.191 e. The van der Waals surface area contributed by atoms with Crippen LogP contribution in [-0.4, -0.2) is 63.8 Å². The Balaban J connectivity index is 0. The average molecular weight is 372 g/mol. The molecule has 5 nitrogen and oxygen atoms in total. The molecule has 0 unspecified atom stereocenters. The Kier molecular flexibility index (Phi) is 15.0. The van der Waals surface area contributed by atoms with Gasteiger partial charge in [-0.1, -0.05) is 0 Å². The second kappa shape index (κ2) is 13.4. The first-order valence-corrected chi connectivity index (χ1v) is 6.32. The summed E-state index contributed by atoms with van der Waals surface area (Å²) in [5, 5.41) is 6.52. The van der Waals surface area contributed by atoms with Gasteiger partial charge in [-0.15, -0.1) is 24.0 Å². The molecular formula is C12H29IN4O. The molecular weight excluding hydrogens is 343 g/mol. The molecule has 110 valence electrons. The molecule has 0 aliphatic rings. The van der Waals surface area contributed by atoms with E-state index >= 15 is 0 Å². The fourth-order valence-electron chi connectivity index (χ4n) is 1.28. The SMILES string of the molecule is CCNC(=NCCN(C)CCOC)NC(C)C.I. The van der Waals surface area contributed by atoms with E-state index in [1.165, 1.54) is 0 Å². The maximum atomic E-state index is 5.03. The first kappa shape index (κ1) is 20.2. The molecule has 0 atom stereocenters. The summed E-state index contributed by atoms with van der Waals surface area (Å²) < 4.78 is 5.03. The van der Waals surface area contributed by atoms with Crippen LogP contribution in [0.25, 0.3) is 0 Å². The lowest BCUT2D eigenvalue weighted by Crippen LogP contribution is -2.41. The second-order valence-corrected chi connectivity index (χ2v) is 4.36. The van der Waals surface area contributed by atoms with E-state index in [1.807, 2.05) is 0 Å². The summed E-state index contributed by atoms with van der Waals surface area (Å²) in [6, 6.07) is 0.402. The Morgan fingerprint density at radius 2 is 2.00 bits per heavy atom. The van der Waals surface area contributed by atoms with Crippen LogP contribution in [0.15, 0.2) is 4.99 Å². The summed E-state index contributed by atoms with van der Waals surface area (Å²) in [5.41, 5.74) is 0. The zero-order valence-electron chi connectivity index (χ0n) is 12.3. The molecule has 0 aliphatic carbocycles. The number of methoxy groups -OCH3 is 1. The summed E-state index contributed by atoms with van der Waals surface area (Å²) in [6.45, 7) is 10.6. The van der Waals surface area contributed by atoms with Crippen LogP contribution in [0.2, 0.25) is 0 Å². The number of hydrogen-bond acceptors (Lipinski definition) is 3. The van der Waals surface area contributed by atoms with Crippen molar-refractivity contribution in [1.29, 1.82) is 0 Å².